The van der Waals surface area contributed by atoms with Gasteiger partial charge in [-0.1, -0.05) is 17.3 Å². The molecule has 2 bridgehead atoms. The van der Waals surface area contributed by atoms with Gasteiger partial charge in [-0.05, 0) is 6.92 Å². The van der Waals surface area contributed by atoms with Gasteiger partial charge >= 0.3 is 5.97 Å². The molecule has 2 N–H and O–H groups in total. The molecule has 1 fully saturated rings. The topological polar surface area (TPSA) is 102 Å². The number of aliphatic carboxylic acids is 1. The number of rotatable bonds is 3. The number of nitrogens with one attached hydrogen (secondary N) is 1. The number of fused-ring (bicyclic) bond motifs is 2. The van der Waals surface area contributed by atoms with Crippen LogP contribution < -0.4 is 5.32 Å². The molecular weight excluding hydrogens is 252 g/mol. The molecule has 1 amide bonds. The quantitative estimate of drug-likeness (QED) is 0.774. The fourth-order valence-electron chi connectivity index (χ4n) is 2.55. The van der Waals surface area contributed by atoms with Crippen LogP contribution in [0.15, 0.2) is 22.7 Å². The highest BCUT2D eigenvalue weighted by molar-refractivity contribution is 5.96. The number of carboxylic acid groups (broad SMARTS) is 1. The first-order chi connectivity index (χ1) is 9.06. The number of hydrogen-bond acceptors (Lipinski definition) is 5. The lowest BCUT2D eigenvalue weighted by Crippen LogP contribution is -2.39. The normalized spacial score (nSPS) is 31.6. The molecule has 0 radical (unpaired) electrons. The van der Waals surface area contributed by atoms with Crippen LogP contribution in [-0.4, -0.2) is 34.3 Å². The molecule has 19 heavy (non-hydrogen) atoms. The largest absolute Gasteiger partial charge is 0.481 e. The smallest absolute Gasteiger partial charge is 0.310 e. The standard InChI is InChI=1S/C12H12N2O5/c1-5-4-8(14-19-5)13-11(15)9-6-2-3-7(18-6)10(9)12(16)17/h2-4,6-7,9-10H,1H3,(H,16,17)(H,13,14,15)/t6-,7+,9-,10-/m0/s1. The maximum atomic E-state index is 12.2. The van der Waals surface area contributed by atoms with Crippen molar-refractivity contribution in [1.82, 2.24) is 5.16 Å². The van der Waals surface area contributed by atoms with Crippen LogP contribution in [0.25, 0.3) is 0 Å². The zero-order valence-corrected chi connectivity index (χ0v) is 10.1. The Bertz CT molecular complexity index is 564. The first-order valence-corrected chi connectivity index (χ1v) is 5.87. The highest BCUT2D eigenvalue weighted by Gasteiger charge is 2.53. The van der Waals surface area contributed by atoms with E-state index in [-0.39, 0.29) is 5.82 Å². The minimum Gasteiger partial charge on any atom is -0.481 e. The van der Waals surface area contributed by atoms with Gasteiger partial charge in [0.05, 0.1) is 18.1 Å². The molecule has 3 rings (SSSR count). The molecule has 7 nitrogen and oxygen atoms in total. The Morgan fingerprint density at radius 3 is 2.58 bits per heavy atom. The third-order valence-corrected chi connectivity index (χ3v) is 3.37. The molecule has 3 heterocycles. The van der Waals surface area contributed by atoms with Crippen molar-refractivity contribution in [2.45, 2.75) is 19.1 Å². The van der Waals surface area contributed by atoms with Gasteiger partial charge in [-0.3, -0.25) is 9.59 Å². The number of aromatic nitrogens is 1. The number of nitrogens with zero attached hydrogens (tertiary/aromatic N) is 1. The summed E-state index contributed by atoms with van der Waals surface area (Å²) < 4.78 is 10.3. The average molecular weight is 264 g/mol. The Kier molecular flexibility index (Phi) is 2.63. The van der Waals surface area contributed by atoms with Crippen molar-refractivity contribution >= 4 is 17.7 Å². The summed E-state index contributed by atoms with van der Waals surface area (Å²) in [6.45, 7) is 1.70. The summed E-state index contributed by atoms with van der Waals surface area (Å²) in [4.78, 5) is 23.4. The van der Waals surface area contributed by atoms with Gasteiger partial charge in [0.15, 0.2) is 5.82 Å². The molecule has 7 heteroatoms. The van der Waals surface area contributed by atoms with Gasteiger partial charge in [-0.15, -0.1) is 0 Å². The van der Waals surface area contributed by atoms with Gasteiger partial charge in [-0.25, -0.2) is 0 Å². The first-order valence-electron chi connectivity index (χ1n) is 5.87. The Labute approximate surface area is 108 Å². The minimum atomic E-state index is -1.03. The first kappa shape index (κ1) is 11.9. The zero-order valence-electron chi connectivity index (χ0n) is 10.1. The molecule has 0 aromatic carbocycles. The summed E-state index contributed by atoms with van der Waals surface area (Å²) in [6, 6.07) is 1.57. The molecule has 1 saturated heterocycles. The van der Waals surface area contributed by atoms with Crippen LogP contribution in [0.4, 0.5) is 5.82 Å². The number of ether oxygens (including phenoxy) is 1. The number of hydrogen-bond donors (Lipinski definition) is 2. The Hall–Kier alpha value is -2.15. The van der Waals surface area contributed by atoms with Gasteiger partial charge < -0.3 is 19.7 Å². The summed E-state index contributed by atoms with van der Waals surface area (Å²) in [5, 5.41) is 15.4. The van der Waals surface area contributed by atoms with Crippen LogP contribution >= 0.6 is 0 Å². The number of carbonyl (C=O) groups is 2. The van der Waals surface area contributed by atoms with Gasteiger partial charge in [0.1, 0.15) is 11.7 Å². The molecule has 0 aliphatic carbocycles. The lowest BCUT2D eigenvalue weighted by molar-refractivity contribution is -0.145. The second-order valence-electron chi connectivity index (χ2n) is 4.65. The highest BCUT2D eigenvalue weighted by atomic mass is 16.5. The van der Waals surface area contributed by atoms with Crippen molar-refractivity contribution in [3.05, 3.63) is 24.0 Å². The molecular formula is C12H12N2O5. The summed E-state index contributed by atoms with van der Waals surface area (Å²) in [5.41, 5.74) is 0. The van der Waals surface area contributed by atoms with E-state index in [9.17, 15) is 14.7 Å². The van der Waals surface area contributed by atoms with Crippen molar-refractivity contribution in [3.8, 4) is 0 Å². The predicted octanol–water partition coefficient (Wildman–Crippen LogP) is 0.576. The number of carboxylic acids is 1. The van der Waals surface area contributed by atoms with E-state index in [0.29, 0.717) is 5.76 Å². The van der Waals surface area contributed by atoms with Crippen molar-refractivity contribution in [3.63, 3.8) is 0 Å². The highest BCUT2D eigenvalue weighted by Crippen LogP contribution is 2.39. The van der Waals surface area contributed by atoms with E-state index >= 15 is 0 Å². The van der Waals surface area contributed by atoms with Crippen LogP contribution in [0.1, 0.15) is 5.76 Å². The van der Waals surface area contributed by atoms with Crippen molar-refractivity contribution in [2.24, 2.45) is 11.8 Å². The van der Waals surface area contributed by atoms with E-state index in [1.165, 1.54) is 0 Å². The molecule has 0 spiro atoms. The third kappa shape index (κ3) is 1.91. The third-order valence-electron chi connectivity index (χ3n) is 3.37. The van der Waals surface area contributed by atoms with Crippen LogP contribution in [-0.2, 0) is 14.3 Å². The van der Waals surface area contributed by atoms with Gasteiger partial charge in [0, 0.05) is 6.07 Å². The van der Waals surface area contributed by atoms with E-state index in [4.69, 9.17) is 9.26 Å². The summed E-state index contributed by atoms with van der Waals surface area (Å²) >= 11 is 0. The monoisotopic (exact) mass is 264 g/mol. The number of aryl methyl sites for hydroxylation is 1. The summed E-state index contributed by atoms with van der Waals surface area (Å²) in [7, 11) is 0. The lowest BCUT2D eigenvalue weighted by Gasteiger charge is -2.20. The van der Waals surface area contributed by atoms with E-state index in [2.05, 4.69) is 10.5 Å². The van der Waals surface area contributed by atoms with Crippen molar-refractivity contribution in [1.29, 1.82) is 0 Å². The summed E-state index contributed by atoms with van der Waals surface area (Å²) in [5.74, 6) is -2.22. The fraction of sp³-hybridized carbons (Fsp3) is 0.417. The maximum Gasteiger partial charge on any atom is 0.310 e. The van der Waals surface area contributed by atoms with Crippen molar-refractivity contribution < 1.29 is 24.0 Å². The number of anilines is 1. The second-order valence-corrected chi connectivity index (χ2v) is 4.65. The van der Waals surface area contributed by atoms with Gasteiger partial charge in [0.2, 0.25) is 5.91 Å². The molecule has 100 valence electrons. The molecule has 0 unspecified atom stereocenters. The van der Waals surface area contributed by atoms with E-state index in [1.807, 2.05) is 0 Å². The Morgan fingerprint density at radius 2 is 2.00 bits per heavy atom. The Balaban J connectivity index is 1.79. The van der Waals surface area contributed by atoms with E-state index in [1.54, 1.807) is 25.1 Å². The van der Waals surface area contributed by atoms with Crippen LogP contribution in [0, 0.1) is 18.8 Å². The number of amides is 1. The average Bonchev–Trinajstić information content (AvgIpc) is 3.03. The minimum absolute atomic E-state index is 0.276. The second kappa shape index (κ2) is 4.20. The van der Waals surface area contributed by atoms with E-state index < -0.39 is 35.9 Å². The van der Waals surface area contributed by atoms with Crippen LogP contribution in [0.5, 0.6) is 0 Å². The molecule has 1 aromatic heterocycles. The van der Waals surface area contributed by atoms with Crippen LogP contribution in [0.3, 0.4) is 0 Å². The summed E-state index contributed by atoms with van der Waals surface area (Å²) in [6.07, 6.45) is 2.40. The van der Waals surface area contributed by atoms with Crippen molar-refractivity contribution in [2.75, 3.05) is 5.32 Å². The SMILES string of the molecule is Cc1cc(NC(=O)[C@@H]2[C@@H](C(=O)O)[C@H]3C=C[C@@H]2O3)no1. The molecule has 2 aliphatic rings. The Morgan fingerprint density at radius 1 is 1.32 bits per heavy atom. The van der Waals surface area contributed by atoms with Crippen LogP contribution in [0.2, 0.25) is 0 Å². The maximum absolute atomic E-state index is 12.2. The number of carbonyl (C=O) groups excluding carboxylic acids is 1. The molecule has 4 atom stereocenters. The molecule has 2 aliphatic heterocycles. The fourth-order valence-corrected chi connectivity index (χ4v) is 2.55. The predicted molar refractivity (Wildman–Crippen MR) is 62.3 cm³/mol. The van der Waals surface area contributed by atoms with E-state index in [0.717, 1.165) is 0 Å². The van der Waals surface area contributed by atoms with Gasteiger partial charge in [-0.2, -0.15) is 0 Å². The van der Waals surface area contributed by atoms with Gasteiger partial charge in [0.25, 0.3) is 0 Å². The molecule has 1 aromatic rings. The zero-order chi connectivity index (χ0) is 13.6. The lowest BCUT2D eigenvalue weighted by atomic mass is 9.82. The molecule has 0 saturated carbocycles.